The highest BCUT2D eigenvalue weighted by molar-refractivity contribution is 9.10. The molecule has 1 aromatic carbocycles. The molecule has 0 unspecified atom stereocenters. The van der Waals surface area contributed by atoms with Gasteiger partial charge in [0.15, 0.2) is 0 Å². The molecule has 9 heteroatoms. The molecule has 2 heterocycles. The van der Waals surface area contributed by atoms with Gasteiger partial charge in [-0.1, -0.05) is 21.1 Å². The molecule has 2 aromatic rings. The molecule has 1 saturated heterocycles. The summed E-state index contributed by atoms with van der Waals surface area (Å²) in [4.78, 5) is 14.5. The van der Waals surface area contributed by atoms with Crippen LogP contribution in [0.2, 0.25) is 0 Å². The van der Waals surface area contributed by atoms with Crippen LogP contribution in [-0.4, -0.2) is 54.9 Å². The Kier molecular flexibility index (Phi) is 4.99. The number of aryl methyl sites for hydroxylation is 2. The van der Waals surface area contributed by atoms with Crippen LogP contribution >= 0.6 is 15.9 Å². The van der Waals surface area contributed by atoms with Crippen molar-refractivity contribution in [3.63, 3.8) is 0 Å². The van der Waals surface area contributed by atoms with E-state index in [1.807, 2.05) is 0 Å². The van der Waals surface area contributed by atoms with E-state index in [1.165, 1.54) is 4.31 Å². The summed E-state index contributed by atoms with van der Waals surface area (Å²) in [6.45, 7) is 4.60. The van der Waals surface area contributed by atoms with Crippen LogP contribution in [0, 0.1) is 13.8 Å². The van der Waals surface area contributed by atoms with Crippen molar-refractivity contribution in [2.75, 3.05) is 26.2 Å². The maximum atomic E-state index is 12.7. The summed E-state index contributed by atoms with van der Waals surface area (Å²) in [5, 5.41) is 3.80. The first-order chi connectivity index (χ1) is 11.8. The van der Waals surface area contributed by atoms with E-state index in [-0.39, 0.29) is 23.9 Å². The SMILES string of the molecule is Cc1noc(C)c1C(=O)N1CCN(S(=O)(=O)c2ccc(Br)cc2)CC1. The molecule has 1 aliphatic heterocycles. The molecule has 0 spiro atoms. The second-order valence-electron chi connectivity index (χ2n) is 5.85. The first kappa shape index (κ1) is 18.1. The Morgan fingerprint density at radius 1 is 1.12 bits per heavy atom. The summed E-state index contributed by atoms with van der Waals surface area (Å²) < 4.78 is 32.7. The van der Waals surface area contributed by atoms with Crippen LogP contribution < -0.4 is 0 Å². The third-order valence-corrected chi connectivity index (χ3v) is 6.67. The summed E-state index contributed by atoms with van der Waals surface area (Å²) in [7, 11) is -3.55. The standard InChI is InChI=1S/C16H18BrN3O4S/c1-11-15(12(2)24-18-11)16(21)19-7-9-20(10-8-19)25(22,23)14-5-3-13(17)4-6-14/h3-6H,7-10H2,1-2H3. The van der Waals surface area contributed by atoms with Crippen LogP contribution in [0.1, 0.15) is 21.8 Å². The average molecular weight is 428 g/mol. The smallest absolute Gasteiger partial charge is 0.259 e. The number of aromatic nitrogens is 1. The molecule has 1 aliphatic rings. The van der Waals surface area contributed by atoms with E-state index in [9.17, 15) is 13.2 Å². The first-order valence-corrected chi connectivity index (χ1v) is 10.0. The lowest BCUT2D eigenvalue weighted by Gasteiger charge is -2.34. The van der Waals surface area contributed by atoms with Gasteiger partial charge in [0.1, 0.15) is 11.3 Å². The number of hydrogen-bond acceptors (Lipinski definition) is 5. The molecule has 0 saturated carbocycles. The minimum atomic E-state index is -3.55. The van der Waals surface area contributed by atoms with Crippen molar-refractivity contribution in [3.05, 3.63) is 45.8 Å². The normalized spacial score (nSPS) is 16.2. The summed E-state index contributed by atoms with van der Waals surface area (Å²) in [6.07, 6.45) is 0. The summed E-state index contributed by atoms with van der Waals surface area (Å²) in [5.74, 6) is 0.310. The Morgan fingerprint density at radius 2 is 1.72 bits per heavy atom. The Balaban J connectivity index is 1.71. The molecule has 0 N–H and O–H groups in total. The number of piperazine rings is 1. The zero-order chi connectivity index (χ0) is 18.2. The van der Waals surface area contributed by atoms with Crippen molar-refractivity contribution in [1.82, 2.24) is 14.4 Å². The highest BCUT2D eigenvalue weighted by Crippen LogP contribution is 2.21. The molecule has 0 radical (unpaired) electrons. The lowest BCUT2D eigenvalue weighted by molar-refractivity contribution is 0.0695. The van der Waals surface area contributed by atoms with Gasteiger partial charge in [0.05, 0.1) is 10.6 Å². The number of nitrogens with zero attached hydrogens (tertiary/aromatic N) is 3. The van der Waals surface area contributed by atoms with Crippen LogP contribution in [-0.2, 0) is 10.0 Å². The number of sulfonamides is 1. The third-order valence-electron chi connectivity index (χ3n) is 4.22. The third kappa shape index (κ3) is 3.49. The van der Waals surface area contributed by atoms with Gasteiger partial charge in [-0.2, -0.15) is 4.31 Å². The van der Waals surface area contributed by atoms with Crippen molar-refractivity contribution in [2.24, 2.45) is 0 Å². The number of carbonyl (C=O) groups is 1. The average Bonchev–Trinajstić information content (AvgIpc) is 2.93. The molecule has 0 aliphatic carbocycles. The fourth-order valence-corrected chi connectivity index (χ4v) is 4.52. The number of amides is 1. The maximum absolute atomic E-state index is 12.7. The van der Waals surface area contributed by atoms with Crippen LogP contribution in [0.3, 0.4) is 0 Å². The highest BCUT2D eigenvalue weighted by atomic mass is 79.9. The Labute approximate surface area is 154 Å². The van der Waals surface area contributed by atoms with Gasteiger partial charge in [0.2, 0.25) is 10.0 Å². The molecule has 1 aromatic heterocycles. The highest BCUT2D eigenvalue weighted by Gasteiger charge is 2.32. The van der Waals surface area contributed by atoms with E-state index in [4.69, 9.17) is 4.52 Å². The van der Waals surface area contributed by atoms with E-state index >= 15 is 0 Å². The van der Waals surface area contributed by atoms with E-state index in [0.29, 0.717) is 30.1 Å². The van der Waals surface area contributed by atoms with Crippen LogP contribution in [0.25, 0.3) is 0 Å². The van der Waals surface area contributed by atoms with Crippen LogP contribution in [0.4, 0.5) is 0 Å². The van der Waals surface area contributed by atoms with Gasteiger partial charge in [-0.15, -0.1) is 0 Å². The van der Waals surface area contributed by atoms with E-state index < -0.39 is 10.0 Å². The predicted octanol–water partition coefficient (Wildman–Crippen LogP) is 2.20. The van der Waals surface area contributed by atoms with Crippen molar-refractivity contribution in [2.45, 2.75) is 18.7 Å². The fraction of sp³-hybridized carbons (Fsp3) is 0.375. The Morgan fingerprint density at radius 3 is 2.24 bits per heavy atom. The molecular formula is C16H18BrN3O4S. The summed E-state index contributed by atoms with van der Waals surface area (Å²) >= 11 is 3.30. The predicted molar refractivity (Wildman–Crippen MR) is 94.8 cm³/mol. The van der Waals surface area contributed by atoms with Gasteiger partial charge in [-0.3, -0.25) is 4.79 Å². The molecule has 1 fully saturated rings. The Hall–Kier alpha value is -1.71. The van der Waals surface area contributed by atoms with Gasteiger partial charge < -0.3 is 9.42 Å². The first-order valence-electron chi connectivity index (χ1n) is 7.78. The Bertz CT molecular complexity index is 865. The van der Waals surface area contributed by atoms with E-state index in [2.05, 4.69) is 21.1 Å². The molecule has 3 rings (SSSR count). The molecule has 1 amide bonds. The van der Waals surface area contributed by atoms with Gasteiger partial charge in [-0.25, -0.2) is 8.42 Å². The lowest BCUT2D eigenvalue weighted by atomic mass is 10.1. The largest absolute Gasteiger partial charge is 0.361 e. The second-order valence-corrected chi connectivity index (χ2v) is 8.70. The summed E-state index contributed by atoms with van der Waals surface area (Å²) in [6, 6.07) is 6.54. The second kappa shape index (κ2) is 6.89. The molecular weight excluding hydrogens is 410 g/mol. The van der Waals surface area contributed by atoms with E-state index in [0.717, 1.165) is 4.47 Å². The van der Waals surface area contributed by atoms with Gasteiger partial charge in [0, 0.05) is 30.7 Å². The molecule has 0 atom stereocenters. The van der Waals surface area contributed by atoms with E-state index in [1.54, 1.807) is 43.0 Å². The fourth-order valence-electron chi connectivity index (χ4n) is 2.83. The topological polar surface area (TPSA) is 83.7 Å². The minimum absolute atomic E-state index is 0.170. The molecule has 134 valence electrons. The van der Waals surface area contributed by atoms with Crippen LogP contribution in [0.5, 0.6) is 0 Å². The molecule has 7 nitrogen and oxygen atoms in total. The lowest BCUT2D eigenvalue weighted by Crippen LogP contribution is -2.50. The number of rotatable bonds is 3. The summed E-state index contributed by atoms with van der Waals surface area (Å²) in [5.41, 5.74) is 1.01. The number of hydrogen-bond donors (Lipinski definition) is 0. The van der Waals surface area contributed by atoms with Crippen molar-refractivity contribution >= 4 is 31.9 Å². The van der Waals surface area contributed by atoms with Crippen molar-refractivity contribution in [1.29, 1.82) is 0 Å². The van der Waals surface area contributed by atoms with Crippen LogP contribution in [0.15, 0.2) is 38.2 Å². The zero-order valence-corrected chi connectivity index (χ0v) is 16.3. The molecule has 0 bridgehead atoms. The monoisotopic (exact) mass is 427 g/mol. The number of benzene rings is 1. The van der Waals surface area contributed by atoms with Crippen molar-refractivity contribution in [3.8, 4) is 0 Å². The maximum Gasteiger partial charge on any atom is 0.259 e. The zero-order valence-electron chi connectivity index (χ0n) is 13.9. The number of carbonyl (C=O) groups excluding carboxylic acids is 1. The minimum Gasteiger partial charge on any atom is -0.361 e. The quantitative estimate of drug-likeness (QED) is 0.749. The van der Waals surface area contributed by atoms with Gasteiger partial charge in [-0.05, 0) is 38.1 Å². The van der Waals surface area contributed by atoms with Gasteiger partial charge in [0.25, 0.3) is 5.91 Å². The van der Waals surface area contributed by atoms with Gasteiger partial charge >= 0.3 is 0 Å². The molecule has 25 heavy (non-hydrogen) atoms. The number of halogens is 1. The van der Waals surface area contributed by atoms with Crippen molar-refractivity contribution < 1.29 is 17.7 Å².